The summed E-state index contributed by atoms with van der Waals surface area (Å²) in [5.74, 6) is 1.62. The Kier molecular flexibility index (Phi) is 8.98. The van der Waals surface area contributed by atoms with E-state index in [9.17, 15) is 14.0 Å². The number of carbonyl (C=O) groups excluding carboxylic acids is 2. The van der Waals surface area contributed by atoms with Gasteiger partial charge in [0.15, 0.2) is 0 Å². The van der Waals surface area contributed by atoms with Gasteiger partial charge in [-0.05, 0) is 36.3 Å². The third kappa shape index (κ3) is 6.82. The molecule has 2 heterocycles. The molecule has 2 aliphatic heterocycles. The number of urea groups is 1. The number of benzene rings is 1. The normalized spacial score (nSPS) is 22.6. The van der Waals surface area contributed by atoms with Gasteiger partial charge in [0, 0.05) is 37.5 Å². The number of nitrogens with zero attached hydrogens (tertiary/aromatic N) is 1. The predicted molar refractivity (Wildman–Crippen MR) is 121 cm³/mol. The van der Waals surface area contributed by atoms with Gasteiger partial charge in [0.05, 0.1) is 13.2 Å². The minimum absolute atomic E-state index is 0.0360. The summed E-state index contributed by atoms with van der Waals surface area (Å²) in [5, 5.41) is 8.65. The number of hydrogen-bond donors (Lipinski definition) is 3. The second kappa shape index (κ2) is 11.7. The van der Waals surface area contributed by atoms with Crippen molar-refractivity contribution in [2.45, 2.75) is 44.3 Å². The van der Waals surface area contributed by atoms with E-state index in [1.54, 1.807) is 12.1 Å². The molecule has 31 heavy (non-hydrogen) atoms. The van der Waals surface area contributed by atoms with Crippen LogP contribution in [0.2, 0.25) is 0 Å². The van der Waals surface area contributed by atoms with Gasteiger partial charge in [-0.3, -0.25) is 9.69 Å². The maximum atomic E-state index is 13.0. The van der Waals surface area contributed by atoms with Crippen molar-refractivity contribution in [3.05, 3.63) is 35.6 Å². The van der Waals surface area contributed by atoms with Crippen molar-refractivity contribution in [1.82, 2.24) is 20.9 Å². The Labute approximate surface area is 187 Å². The van der Waals surface area contributed by atoms with Crippen LogP contribution in [0.15, 0.2) is 24.3 Å². The summed E-state index contributed by atoms with van der Waals surface area (Å²) in [5.41, 5.74) is 0.755. The highest BCUT2D eigenvalue weighted by Gasteiger charge is 2.41. The van der Waals surface area contributed by atoms with Crippen LogP contribution in [-0.2, 0) is 16.1 Å². The predicted octanol–water partition coefficient (Wildman–Crippen LogP) is 2.12. The van der Waals surface area contributed by atoms with Gasteiger partial charge < -0.3 is 20.7 Å². The lowest BCUT2D eigenvalue weighted by molar-refractivity contribution is -0.124. The Morgan fingerprint density at radius 2 is 1.97 bits per heavy atom. The standard InChI is InChI=1S/C22H33FN4O3S/c1-2-3-19(26-21(29)24-14-17-4-6-18(23)7-5-17)20(28)25-15-22(8-13-31-16-22)27-9-11-30-12-10-27/h4-7,19H,2-3,8-16H2,1H3,(H,25,28)(H2,24,26,29). The van der Waals surface area contributed by atoms with Crippen LogP contribution in [0.5, 0.6) is 0 Å². The summed E-state index contributed by atoms with van der Waals surface area (Å²) < 4.78 is 18.5. The Balaban J connectivity index is 1.51. The summed E-state index contributed by atoms with van der Waals surface area (Å²) in [6.07, 6.45) is 2.39. The zero-order valence-electron chi connectivity index (χ0n) is 18.1. The fourth-order valence-corrected chi connectivity index (χ4v) is 5.54. The van der Waals surface area contributed by atoms with Crippen LogP contribution in [0.4, 0.5) is 9.18 Å². The fraction of sp³-hybridized carbons (Fsp3) is 0.636. The molecule has 2 atom stereocenters. The van der Waals surface area contributed by atoms with E-state index in [2.05, 4.69) is 20.9 Å². The Morgan fingerprint density at radius 3 is 2.61 bits per heavy atom. The highest BCUT2D eigenvalue weighted by Crippen LogP contribution is 2.33. The van der Waals surface area contributed by atoms with Crippen molar-refractivity contribution in [2.24, 2.45) is 0 Å². The first-order chi connectivity index (χ1) is 15.0. The maximum Gasteiger partial charge on any atom is 0.315 e. The molecule has 3 amide bonds. The first-order valence-electron chi connectivity index (χ1n) is 11.0. The van der Waals surface area contributed by atoms with Crippen LogP contribution in [0.25, 0.3) is 0 Å². The van der Waals surface area contributed by atoms with Crippen LogP contribution >= 0.6 is 11.8 Å². The highest BCUT2D eigenvalue weighted by atomic mass is 32.2. The molecule has 0 radical (unpaired) electrons. The number of ether oxygens (including phenoxy) is 1. The Morgan fingerprint density at radius 1 is 1.23 bits per heavy atom. The lowest BCUT2D eigenvalue weighted by Crippen LogP contribution is -2.60. The van der Waals surface area contributed by atoms with E-state index >= 15 is 0 Å². The molecule has 3 N–H and O–H groups in total. The number of carbonyl (C=O) groups is 2. The maximum absolute atomic E-state index is 13.0. The molecule has 9 heteroatoms. The van der Waals surface area contributed by atoms with Crippen molar-refractivity contribution in [2.75, 3.05) is 44.4 Å². The minimum Gasteiger partial charge on any atom is -0.379 e. The SMILES string of the molecule is CCCC(NC(=O)NCc1ccc(F)cc1)C(=O)NCC1(N2CCOCC2)CCSC1. The number of amides is 3. The van der Waals surface area contributed by atoms with Crippen molar-refractivity contribution in [3.63, 3.8) is 0 Å². The van der Waals surface area contributed by atoms with Gasteiger partial charge >= 0.3 is 6.03 Å². The van der Waals surface area contributed by atoms with Crippen molar-refractivity contribution < 1.29 is 18.7 Å². The van der Waals surface area contributed by atoms with Gasteiger partial charge in [0.2, 0.25) is 5.91 Å². The van der Waals surface area contributed by atoms with E-state index in [1.165, 1.54) is 12.1 Å². The monoisotopic (exact) mass is 452 g/mol. The van der Waals surface area contributed by atoms with Gasteiger partial charge in [-0.25, -0.2) is 9.18 Å². The van der Waals surface area contributed by atoms with Gasteiger partial charge in [0.1, 0.15) is 11.9 Å². The molecule has 0 spiro atoms. The van der Waals surface area contributed by atoms with E-state index < -0.39 is 12.1 Å². The third-order valence-electron chi connectivity index (χ3n) is 5.92. The van der Waals surface area contributed by atoms with Crippen LogP contribution in [0, 0.1) is 5.82 Å². The first-order valence-corrected chi connectivity index (χ1v) is 12.1. The fourth-order valence-electron chi connectivity index (χ4n) is 4.06. The van der Waals surface area contributed by atoms with E-state index in [-0.39, 0.29) is 23.8 Å². The minimum atomic E-state index is -0.589. The molecule has 1 aromatic rings. The summed E-state index contributed by atoms with van der Waals surface area (Å²) in [6.45, 7) is 6.07. The van der Waals surface area contributed by atoms with Gasteiger partial charge in [-0.2, -0.15) is 11.8 Å². The van der Waals surface area contributed by atoms with Gasteiger partial charge in [0.25, 0.3) is 0 Å². The Bertz CT molecular complexity index is 722. The average Bonchev–Trinajstić information content (AvgIpc) is 3.28. The lowest BCUT2D eigenvalue weighted by Gasteiger charge is -2.43. The molecule has 0 aliphatic carbocycles. The quantitative estimate of drug-likeness (QED) is 0.535. The number of morpholine rings is 1. The van der Waals surface area contributed by atoms with E-state index in [0.717, 1.165) is 56.2 Å². The van der Waals surface area contributed by atoms with Crippen LogP contribution in [0.1, 0.15) is 31.7 Å². The number of nitrogens with one attached hydrogen (secondary N) is 3. The zero-order valence-corrected chi connectivity index (χ0v) is 18.9. The van der Waals surface area contributed by atoms with E-state index in [1.807, 2.05) is 18.7 Å². The van der Waals surface area contributed by atoms with Crippen molar-refractivity contribution in [1.29, 1.82) is 0 Å². The van der Waals surface area contributed by atoms with Crippen LogP contribution in [0.3, 0.4) is 0 Å². The molecule has 2 saturated heterocycles. The highest BCUT2D eigenvalue weighted by molar-refractivity contribution is 7.99. The Hall–Kier alpha value is -1.84. The molecule has 1 aromatic carbocycles. The largest absolute Gasteiger partial charge is 0.379 e. The molecule has 2 fully saturated rings. The number of thioether (sulfide) groups is 1. The first kappa shape index (κ1) is 23.8. The third-order valence-corrected chi connectivity index (χ3v) is 7.16. The zero-order chi connectivity index (χ0) is 22.1. The smallest absolute Gasteiger partial charge is 0.315 e. The second-order valence-electron chi connectivity index (χ2n) is 8.14. The van der Waals surface area contributed by atoms with Crippen LogP contribution in [-0.4, -0.2) is 72.8 Å². The van der Waals surface area contributed by atoms with Crippen LogP contribution < -0.4 is 16.0 Å². The number of rotatable bonds is 9. The molecule has 7 nitrogen and oxygen atoms in total. The topological polar surface area (TPSA) is 82.7 Å². The molecule has 2 unspecified atom stereocenters. The molecule has 0 bridgehead atoms. The van der Waals surface area contributed by atoms with Crippen molar-refractivity contribution >= 4 is 23.7 Å². The van der Waals surface area contributed by atoms with Crippen molar-refractivity contribution in [3.8, 4) is 0 Å². The number of hydrogen-bond acceptors (Lipinski definition) is 5. The summed E-state index contributed by atoms with van der Waals surface area (Å²) in [7, 11) is 0. The molecule has 0 aromatic heterocycles. The summed E-state index contributed by atoms with van der Waals surface area (Å²) >= 11 is 1.92. The van der Waals surface area contributed by atoms with Gasteiger partial charge in [-0.15, -0.1) is 0 Å². The average molecular weight is 453 g/mol. The van der Waals surface area contributed by atoms with E-state index in [0.29, 0.717) is 13.0 Å². The lowest BCUT2D eigenvalue weighted by atomic mass is 9.95. The van der Waals surface area contributed by atoms with Gasteiger partial charge in [-0.1, -0.05) is 25.5 Å². The number of halogens is 1. The summed E-state index contributed by atoms with van der Waals surface area (Å²) in [6, 6.07) is 4.96. The summed E-state index contributed by atoms with van der Waals surface area (Å²) in [4.78, 5) is 27.7. The molecular weight excluding hydrogens is 419 g/mol. The molecule has 2 aliphatic rings. The van der Waals surface area contributed by atoms with E-state index in [4.69, 9.17) is 4.74 Å². The molecule has 3 rings (SSSR count). The molecule has 172 valence electrons. The molecular formula is C22H33FN4O3S. The molecule has 0 saturated carbocycles. The second-order valence-corrected chi connectivity index (χ2v) is 9.24.